The predicted octanol–water partition coefficient (Wildman–Crippen LogP) is -0.801. The average molecular weight is 312 g/mol. The Balaban J connectivity index is 0. The van der Waals surface area contributed by atoms with E-state index in [4.69, 9.17) is 19.0 Å². The summed E-state index contributed by atoms with van der Waals surface area (Å²) in [5, 5.41) is 7.90. The van der Waals surface area contributed by atoms with Crippen molar-refractivity contribution in [2.45, 2.75) is 33.2 Å². The van der Waals surface area contributed by atoms with E-state index in [-0.39, 0.29) is 0 Å². The fourth-order valence-corrected chi connectivity index (χ4v) is 4.27. The Morgan fingerprint density at radius 2 is 1.42 bits per heavy atom. The molecule has 0 heterocycles. The predicted molar refractivity (Wildman–Crippen MR) is 86.1 cm³/mol. The van der Waals surface area contributed by atoms with Gasteiger partial charge in [-0.25, -0.2) is 0 Å². The lowest BCUT2D eigenvalue weighted by Gasteiger charge is -2.28. The highest BCUT2D eigenvalue weighted by Gasteiger charge is 2.39. The zero-order valence-electron chi connectivity index (χ0n) is 13.0. The molecule has 8 heteroatoms. The summed E-state index contributed by atoms with van der Waals surface area (Å²) in [5.41, 5.74) is 5.41. The van der Waals surface area contributed by atoms with Crippen LogP contribution in [-0.2, 0) is 13.3 Å². The number of nitrogens with two attached hydrogens (primary N) is 2. The second-order valence-electron chi connectivity index (χ2n) is 3.62. The lowest BCUT2D eigenvalue weighted by Crippen LogP contribution is -2.46. The van der Waals surface area contributed by atoms with Gasteiger partial charge in [0.05, 0.1) is 10.4 Å². The van der Waals surface area contributed by atoms with E-state index in [1.807, 2.05) is 20.8 Å². The van der Waals surface area contributed by atoms with Crippen LogP contribution in [0.25, 0.3) is 0 Å². The van der Waals surface area contributed by atoms with Gasteiger partial charge < -0.3 is 29.7 Å². The fourth-order valence-electron chi connectivity index (χ4n) is 1.66. The third kappa shape index (κ3) is 11.7. The molecular weight excluding hydrogens is 278 g/mol. The second-order valence-corrected chi connectivity index (χ2v) is 6.36. The molecule has 5 N–H and O–H groups in total. The number of hydrogen-bond donors (Lipinski definition) is 3. The van der Waals surface area contributed by atoms with Gasteiger partial charge >= 0.3 is 8.80 Å². The van der Waals surface area contributed by atoms with Crippen molar-refractivity contribution < 1.29 is 13.3 Å². The molecule has 0 aromatic carbocycles. The molecule has 0 aromatic rings. The molecule has 0 saturated carbocycles. The minimum Gasteiger partial charge on any atom is -0.374 e. The molecule has 0 fully saturated rings. The van der Waals surface area contributed by atoms with Gasteiger partial charge in [-0.15, -0.1) is 0 Å². The van der Waals surface area contributed by atoms with Gasteiger partial charge in [0.1, 0.15) is 0 Å². The lowest BCUT2D eigenvalue weighted by molar-refractivity contribution is 0.0708. The van der Waals surface area contributed by atoms with Crippen LogP contribution in [0.4, 0.5) is 0 Å². The molecule has 0 unspecified atom stereocenters. The Labute approximate surface area is 122 Å². The minimum atomic E-state index is -2.43. The molecule has 0 aromatic heterocycles. The van der Waals surface area contributed by atoms with E-state index in [1.54, 1.807) is 0 Å². The standard InChI is InChI=1S/C11H28N2O3Si.H5NSi/c1-4-14-17(15-5-2,16-6-3)11-7-9-13-10-8-12;1-2/h13H,4-12H2,1-3H3;1H2,2H3. The minimum absolute atomic E-state index is 0.641. The van der Waals surface area contributed by atoms with Crippen LogP contribution in [0.2, 0.25) is 6.04 Å². The molecule has 0 amide bonds. The summed E-state index contributed by atoms with van der Waals surface area (Å²) in [6, 6.07) is 0.861. The third-order valence-electron chi connectivity index (χ3n) is 2.25. The van der Waals surface area contributed by atoms with E-state index in [2.05, 4.69) is 10.7 Å². The van der Waals surface area contributed by atoms with Crippen LogP contribution < -0.4 is 16.4 Å². The highest BCUT2D eigenvalue weighted by molar-refractivity contribution is 6.60. The molecule has 0 aliphatic heterocycles. The molecule has 0 atom stereocenters. The quantitative estimate of drug-likeness (QED) is 0.323. The van der Waals surface area contributed by atoms with Gasteiger partial charge in [0.25, 0.3) is 0 Å². The Morgan fingerprint density at radius 1 is 0.947 bits per heavy atom. The largest absolute Gasteiger partial charge is 0.500 e. The highest BCUT2D eigenvalue weighted by Crippen LogP contribution is 2.17. The van der Waals surface area contributed by atoms with Crippen molar-refractivity contribution in [1.82, 2.24) is 5.32 Å². The van der Waals surface area contributed by atoms with Crippen molar-refractivity contribution in [1.29, 1.82) is 0 Å². The van der Waals surface area contributed by atoms with Crippen LogP contribution in [0.1, 0.15) is 27.2 Å². The van der Waals surface area contributed by atoms with E-state index in [1.165, 1.54) is 0 Å². The first kappa shape index (κ1) is 21.5. The van der Waals surface area contributed by atoms with Crippen molar-refractivity contribution >= 4 is 19.2 Å². The van der Waals surface area contributed by atoms with Crippen molar-refractivity contribution in [3.05, 3.63) is 0 Å². The summed E-state index contributed by atoms with van der Waals surface area (Å²) >= 11 is 0. The monoisotopic (exact) mass is 311 g/mol. The van der Waals surface area contributed by atoms with E-state index < -0.39 is 8.80 Å². The van der Waals surface area contributed by atoms with E-state index >= 15 is 0 Å². The van der Waals surface area contributed by atoms with Crippen molar-refractivity contribution in [2.75, 3.05) is 39.5 Å². The van der Waals surface area contributed by atoms with Crippen molar-refractivity contribution in [2.24, 2.45) is 11.1 Å². The number of nitrogens with one attached hydrogen (secondary N) is 1. The maximum Gasteiger partial charge on any atom is 0.500 e. The first-order valence-electron chi connectivity index (χ1n) is 7.15. The second kappa shape index (κ2) is 16.2. The van der Waals surface area contributed by atoms with Gasteiger partial charge in [-0.05, 0) is 33.7 Å². The number of rotatable bonds is 12. The molecule has 118 valence electrons. The van der Waals surface area contributed by atoms with Gasteiger partial charge in [0.15, 0.2) is 0 Å². The van der Waals surface area contributed by atoms with Gasteiger partial charge in [0, 0.05) is 39.0 Å². The van der Waals surface area contributed by atoms with E-state index in [0.29, 0.717) is 26.4 Å². The maximum atomic E-state index is 5.76. The smallest absolute Gasteiger partial charge is 0.374 e. The Morgan fingerprint density at radius 3 is 1.79 bits per heavy atom. The highest BCUT2D eigenvalue weighted by atomic mass is 28.4. The Bertz CT molecular complexity index is 162. The van der Waals surface area contributed by atoms with E-state index in [0.717, 1.165) is 36.0 Å². The zero-order valence-corrected chi connectivity index (χ0v) is 16.0. The first-order valence-corrected chi connectivity index (χ1v) is 10.2. The summed E-state index contributed by atoms with van der Waals surface area (Å²) in [4.78, 5) is 0. The number of hydrogen-bond acceptors (Lipinski definition) is 6. The van der Waals surface area contributed by atoms with Gasteiger partial charge in [-0.3, -0.25) is 0 Å². The van der Waals surface area contributed by atoms with Crippen molar-refractivity contribution in [3.8, 4) is 0 Å². The Hall–Kier alpha value is 0.194. The van der Waals surface area contributed by atoms with Gasteiger partial charge in [-0.1, -0.05) is 0 Å². The van der Waals surface area contributed by atoms with Crippen molar-refractivity contribution in [3.63, 3.8) is 0 Å². The molecule has 0 aliphatic rings. The Kier molecular flexibility index (Phi) is 18.4. The molecule has 19 heavy (non-hydrogen) atoms. The van der Waals surface area contributed by atoms with Gasteiger partial charge in [-0.2, -0.15) is 0 Å². The topological polar surface area (TPSA) is 91.8 Å². The summed E-state index contributed by atoms with van der Waals surface area (Å²) in [5.74, 6) is 0. The van der Waals surface area contributed by atoms with Crippen LogP contribution in [0, 0.1) is 0 Å². The van der Waals surface area contributed by atoms with Crippen LogP contribution in [-0.4, -0.2) is 58.7 Å². The lowest BCUT2D eigenvalue weighted by atomic mass is 10.5. The van der Waals surface area contributed by atoms with Gasteiger partial charge in [0.2, 0.25) is 0 Å². The first-order chi connectivity index (χ1) is 9.24. The maximum absolute atomic E-state index is 5.76. The summed E-state index contributed by atoms with van der Waals surface area (Å²) in [6.45, 7) is 10.3. The van der Waals surface area contributed by atoms with Crippen LogP contribution >= 0.6 is 0 Å². The molecule has 0 radical (unpaired) electrons. The molecule has 0 aliphatic carbocycles. The fraction of sp³-hybridized carbons (Fsp3) is 1.00. The summed E-state index contributed by atoms with van der Waals surface area (Å²) in [7, 11) is -1.62. The third-order valence-corrected chi connectivity index (χ3v) is 5.40. The molecule has 0 spiro atoms. The molecule has 6 nitrogen and oxygen atoms in total. The molecule has 0 saturated heterocycles. The molecular formula is C11H33N3O3Si2. The summed E-state index contributed by atoms with van der Waals surface area (Å²) in [6.07, 6.45) is 0.992. The van der Waals surface area contributed by atoms with Crippen LogP contribution in [0.5, 0.6) is 0 Å². The summed E-state index contributed by atoms with van der Waals surface area (Å²) < 4.78 is 17.3. The average Bonchev–Trinajstić information content (AvgIpc) is 2.42. The van der Waals surface area contributed by atoms with E-state index in [9.17, 15) is 0 Å². The zero-order chi connectivity index (χ0) is 15.0. The van der Waals surface area contributed by atoms with Crippen LogP contribution in [0.3, 0.4) is 0 Å². The van der Waals surface area contributed by atoms with Crippen LogP contribution in [0.15, 0.2) is 0 Å². The SMILES string of the molecule is CCO[Si](CCCNCCN)(OCC)OCC.N[SiH3]. The molecule has 0 rings (SSSR count). The normalized spacial score (nSPS) is 11.2. The molecule has 0 bridgehead atoms.